The molecule has 1 aromatic carbocycles. The van der Waals surface area contributed by atoms with Crippen LogP contribution in [0.2, 0.25) is 0 Å². The Morgan fingerprint density at radius 3 is 2.57 bits per heavy atom. The summed E-state index contributed by atoms with van der Waals surface area (Å²) < 4.78 is 15.5. The summed E-state index contributed by atoms with van der Waals surface area (Å²) in [5.74, 6) is 0.596. The summed E-state index contributed by atoms with van der Waals surface area (Å²) in [7, 11) is 3.03. The first-order chi connectivity index (χ1) is 11.0. The topological polar surface area (TPSA) is 89.8 Å². The first kappa shape index (κ1) is 16.6. The van der Waals surface area contributed by atoms with E-state index in [1.165, 1.54) is 14.0 Å². The van der Waals surface area contributed by atoms with E-state index in [2.05, 4.69) is 10.6 Å². The zero-order chi connectivity index (χ0) is 16.8. The lowest BCUT2D eigenvalue weighted by Gasteiger charge is -2.11. The van der Waals surface area contributed by atoms with Gasteiger partial charge in [-0.25, -0.2) is 0 Å². The molecule has 2 aromatic rings. The van der Waals surface area contributed by atoms with E-state index in [0.29, 0.717) is 29.5 Å². The second-order valence-electron chi connectivity index (χ2n) is 4.75. The molecule has 0 aliphatic carbocycles. The van der Waals surface area contributed by atoms with Gasteiger partial charge in [-0.15, -0.1) is 0 Å². The van der Waals surface area contributed by atoms with Crippen LogP contribution < -0.4 is 15.4 Å². The van der Waals surface area contributed by atoms with Gasteiger partial charge >= 0.3 is 0 Å². The number of carbonyl (C=O) groups excluding carboxylic acids is 2. The molecule has 0 radical (unpaired) electrons. The first-order valence-corrected chi connectivity index (χ1v) is 6.88. The highest BCUT2D eigenvalue weighted by Crippen LogP contribution is 2.28. The summed E-state index contributed by atoms with van der Waals surface area (Å²) >= 11 is 0. The average molecular weight is 318 g/mol. The van der Waals surface area contributed by atoms with Crippen LogP contribution in [0.4, 0.5) is 11.4 Å². The van der Waals surface area contributed by atoms with Crippen molar-refractivity contribution in [2.24, 2.45) is 0 Å². The van der Waals surface area contributed by atoms with E-state index in [1.807, 2.05) is 0 Å². The second kappa shape index (κ2) is 7.46. The number of carbonyl (C=O) groups is 2. The highest BCUT2D eigenvalue weighted by molar-refractivity contribution is 6.02. The quantitative estimate of drug-likeness (QED) is 0.854. The third kappa shape index (κ3) is 4.33. The van der Waals surface area contributed by atoms with Crippen LogP contribution in [-0.4, -0.2) is 26.0 Å². The number of rotatable bonds is 6. The number of benzene rings is 1. The van der Waals surface area contributed by atoms with E-state index in [-0.39, 0.29) is 17.6 Å². The molecule has 0 spiro atoms. The van der Waals surface area contributed by atoms with Gasteiger partial charge in [-0.2, -0.15) is 0 Å². The normalized spacial score (nSPS) is 10.2. The molecule has 0 bridgehead atoms. The lowest BCUT2D eigenvalue weighted by Crippen LogP contribution is -2.12. The minimum Gasteiger partial charge on any atom is -0.494 e. The summed E-state index contributed by atoms with van der Waals surface area (Å²) in [5.41, 5.74) is 1.05. The smallest absolute Gasteiger partial charge is 0.291 e. The summed E-state index contributed by atoms with van der Waals surface area (Å²) in [6.45, 7) is 1.70. The number of hydrogen-bond donors (Lipinski definition) is 2. The fourth-order valence-electron chi connectivity index (χ4n) is 1.97. The highest BCUT2D eigenvalue weighted by Gasteiger charge is 2.13. The molecular formula is C16H18N2O5. The summed E-state index contributed by atoms with van der Waals surface area (Å²) in [6, 6.07) is 8.17. The van der Waals surface area contributed by atoms with Gasteiger partial charge in [0.1, 0.15) is 18.1 Å². The van der Waals surface area contributed by atoms with Crippen LogP contribution in [-0.2, 0) is 16.1 Å². The van der Waals surface area contributed by atoms with Crippen LogP contribution in [0.1, 0.15) is 23.2 Å². The molecule has 0 atom stereocenters. The van der Waals surface area contributed by atoms with Gasteiger partial charge in [0.15, 0.2) is 5.76 Å². The Hall–Kier alpha value is -2.80. The van der Waals surface area contributed by atoms with E-state index in [4.69, 9.17) is 13.9 Å². The number of nitrogens with one attached hydrogen (secondary N) is 2. The Labute approximate surface area is 133 Å². The van der Waals surface area contributed by atoms with E-state index >= 15 is 0 Å². The van der Waals surface area contributed by atoms with Gasteiger partial charge < -0.3 is 24.5 Å². The number of methoxy groups -OCH3 is 2. The van der Waals surface area contributed by atoms with Crippen LogP contribution >= 0.6 is 0 Å². The Morgan fingerprint density at radius 1 is 1.13 bits per heavy atom. The van der Waals surface area contributed by atoms with Crippen molar-refractivity contribution in [1.82, 2.24) is 0 Å². The number of ether oxygens (including phenoxy) is 2. The fraction of sp³-hybridized carbons (Fsp3) is 0.250. The Morgan fingerprint density at radius 2 is 1.91 bits per heavy atom. The highest BCUT2D eigenvalue weighted by atomic mass is 16.5. The monoisotopic (exact) mass is 318 g/mol. The third-order valence-corrected chi connectivity index (χ3v) is 2.94. The van der Waals surface area contributed by atoms with E-state index in [9.17, 15) is 9.59 Å². The Balaban J connectivity index is 2.12. The molecule has 7 heteroatoms. The van der Waals surface area contributed by atoms with Crippen molar-refractivity contribution >= 4 is 23.2 Å². The van der Waals surface area contributed by atoms with Gasteiger partial charge in [-0.3, -0.25) is 9.59 Å². The Bertz CT molecular complexity index is 708. The molecule has 0 saturated carbocycles. The van der Waals surface area contributed by atoms with Crippen molar-refractivity contribution < 1.29 is 23.5 Å². The molecule has 2 rings (SSSR count). The van der Waals surface area contributed by atoms with E-state index in [0.717, 1.165) is 0 Å². The van der Waals surface area contributed by atoms with Crippen molar-refractivity contribution in [3.05, 3.63) is 41.9 Å². The molecular weight excluding hydrogens is 300 g/mol. The second-order valence-corrected chi connectivity index (χ2v) is 4.75. The molecule has 2 amide bonds. The molecule has 0 saturated heterocycles. The van der Waals surface area contributed by atoms with Crippen LogP contribution in [0.3, 0.4) is 0 Å². The lowest BCUT2D eigenvalue weighted by molar-refractivity contribution is -0.114. The van der Waals surface area contributed by atoms with Crippen LogP contribution in [0.25, 0.3) is 0 Å². The standard InChI is InChI=1S/C16H18N2O5/c1-10(19)17-13-6-4-11(8-15(13)22-3)18-16(20)14-7-5-12(23-14)9-21-2/h4-8H,9H2,1-3H3,(H,17,19)(H,18,20). The molecule has 0 aliphatic heterocycles. The molecule has 2 N–H and O–H groups in total. The predicted octanol–water partition coefficient (Wildman–Crippen LogP) is 2.65. The van der Waals surface area contributed by atoms with Gasteiger partial charge in [0.05, 0.1) is 12.8 Å². The van der Waals surface area contributed by atoms with Crippen LogP contribution in [0.15, 0.2) is 34.7 Å². The minimum atomic E-state index is -0.387. The fourth-order valence-corrected chi connectivity index (χ4v) is 1.97. The summed E-state index contributed by atoms with van der Waals surface area (Å²) in [4.78, 5) is 23.3. The number of furan rings is 1. The zero-order valence-electron chi connectivity index (χ0n) is 13.1. The molecule has 0 aliphatic rings. The zero-order valence-corrected chi connectivity index (χ0v) is 13.1. The molecule has 0 fully saturated rings. The predicted molar refractivity (Wildman–Crippen MR) is 84.7 cm³/mol. The lowest BCUT2D eigenvalue weighted by atomic mass is 10.2. The van der Waals surface area contributed by atoms with E-state index in [1.54, 1.807) is 37.4 Å². The van der Waals surface area contributed by atoms with Crippen molar-refractivity contribution in [1.29, 1.82) is 0 Å². The van der Waals surface area contributed by atoms with Crippen molar-refractivity contribution in [2.45, 2.75) is 13.5 Å². The number of anilines is 2. The molecule has 122 valence electrons. The minimum absolute atomic E-state index is 0.182. The van der Waals surface area contributed by atoms with E-state index < -0.39 is 0 Å². The molecule has 0 unspecified atom stereocenters. The maximum atomic E-state index is 12.1. The maximum Gasteiger partial charge on any atom is 0.291 e. The van der Waals surface area contributed by atoms with Gasteiger partial charge in [0, 0.05) is 25.8 Å². The molecule has 23 heavy (non-hydrogen) atoms. The molecule has 1 heterocycles. The van der Waals surface area contributed by atoms with Gasteiger partial charge in [-0.05, 0) is 24.3 Å². The van der Waals surface area contributed by atoms with Gasteiger partial charge in [0.2, 0.25) is 5.91 Å². The van der Waals surface area contributed by atoms with Gasteiger partial charge in [0.25, 0.3) is 5.91 Å². The first-order valence-electron chi connectivity index (χ1n) is 6.88. The SMILES string of the molecule is COCc1ccc(C(=O)Nc2ccc(NC(C)=O)c(OC)c2)o1. The summed E-state index contributed by atoms with van der Waals surface area (Å²) in [6.07, 6.45) is 0. The van der Waals surface area contributed by atoms with Crippen LogP contribution in [0.5, 0.6) is 5.75 Å². The largest absolute Gasteiger partial charge is 0.494 e. The average Bonchev–Trinajstić information content (AvgIpc) is 2.97. The third-order valence-electron chi connectivity index (χ3n) is 2.94. The maximum absolute atomic E-state index is 12.1. The van der Waals surface area contributed by atoms with Crippen molar-refractivity contribution in [3.8, 4) is 5.75 Å². The Kier molecular flexibility index (Phi) is 5.37. The van der Waals surface area contributed by atoms with Crippen LogP contribution in [0, 0.1) is 0 Å². The number of amides is 2. The van der Waals surface area contributed by atoms with Crippen molar-refractivity contribution in [3.63, 3.8) is 0 Å². The number of hydrogen-bond acceptors (Lipinski definition) is 5. The summed E-state index contributed by atoms with van der Waals surface area (Å²) in [5, 5.41) is 5.35. The van der Waals surface area contributed by atoms with Crippen molar-refractivity contribution in [2.75, 3.05) is 24.9 Å². The van der Waals surface area contributed by atoms with Gasteiger partial charge in [-0.1, -0.05) is 0 Å². The molecule has 7 nitrogen and oxygen atoms in total. The molecule has 1 aromatic heterocycles.